The van der Waals surface area contributed by atoms with Gasteiger partial charge in [-0.25, -0.2) is 0 Å². The van der Waals surface area contributed by atoms with Crippen molar-refractivity contribution in [2.75, 3.05) is 57.8 Å². The van der Waals surface area contributed by atoms with Crippen LogP contribution in [-0.4, -0.2) is 74.5 Å². The van der Waals surface area contributed by atoms with E-state index < -0.39 is 0 Å². The molecule has 0 radical (unpaired) electrons. The third-order valence-corrected chi connectivity index (χ3v) is 5.04. The molecule has 7 heteroatoms. The standard InChI is InChI=1S/C22H31N5O2/c1-3-23-22(24-12-8-13-25(2)19-9-5-4-6-10-19)27-16-14-26(15-17-27)21(28)20-11-7-18-29-20/h4-7,9-11,18H,3,8,12-17H2,1-2H3,(H,23,24). The number of piperazine rings is 1. The lowest BCUT2D eigenvalue weighted by Crippen LogP contribution is -2.53. The number of aliphatic imine (C=N–C) groups is 1. The molecule has 0 spiro atoms. The van der Waals surface area contributed by atoms with Crippen molar-refractivity contribution in [2.45, 2.75) is 13.3 Å². The number of amides is 1. The summed E-state index contributed by atoms with van der Waals surface area (Å²) in [6, 6.07) is 13.9. The Morgan fingerprint density at radius 1 is 1.10 bits per heavy atom. The zero-order valence-electron chi connectivity index (χ0n) is 17.4. The Morgan fingerprint density at radius 3 is 2.48 bits per heavy atom. The van der Waals surface area contributed by atoms with E-state index in [9.17, 15) is 4.79 Å². The number of carbonyl (C=O) groups is 1. The van der Waals surface area contributed by atoms with E-state index in [-0.39, 0.29) is 5.91 Å². The Balaban J connectivity index is 1.47. The van der Waals surface area contributed by atoms with Gasteiger partial charge in [-0.1, -0.05) is 18.2 Å². The second-order valence-corrected chi connectivity index (χ2v) is 7.10. The van der Waals surface area contributed by atoms with Gasteiger partial charge in [-0.2, -0.15) is 0 Å². The highest BCUT2D eigenvalue weighted by molar-refractivity contribution is 5.91. The molecule has 0 unspecified atom stereocenters. The third-order valence-electron chi connectivity index (χ3n) is 5.04. The van der Waals surface area contributed by atoms with Crippen molar-refractivity contribution in [3.05, 3.63) is 54.5 Å². The number of nitrogens with zero attached hydrogens (tertiary/aromatic N) is 4. The molecule has 156 valence electrons. The molecule has 0 saturated carbocycles. The lowest BCUT2D eigenvalue weighted by atomic mass is 10.3. The highest BCUT2D eigenvalue weighted by atomic mass is 16.3. The molecule has 1 saturated heterocycles. The van der Waals surface area contributed by atoms with Crippen LogP contribution in [0.15, 0.2) is 58.1 Å². The topological polar surface area (TPSA) is 64.3 Å². The number of furan rings is 1. The van der Waals surface area contributed by atoms with Crippen molar-refractivity contribution in [2.24, 2.45) is 4.99 Å². The second-order valence-electron chi connectivity index (χ2n) is 7.10. The van der Waals surface area contributed by atoms with E-state index in [4.69, 9.17) is 9.41 Å². The molecule has 0 bridgehead atoms. The maximum atomic E-state index is 12.4. The van der Waals surface area contributed by atoms with Crippen molar-refractivity contribution in [3.8, 4) is 0 Å². The van der Waals surface area contributed by atoms with Gasteiger partial charge >= 0.3 is 0 Å². The number of guanidine groups is 1. The summed E-state index contributed by atoms with van der Waals surface area (Å²) in [4.78, 5) is 23.5. The van der Waals surface area contributed by atoms with E-state index in [2.05, 4.69) is 53.4 Å². The maximum absolute atomic E-state index is 12.4. The van der Waals surface area contributed by atoms with Crippen molar-refractivity contribution in [1.29, 1.82) is 0 Å². The second kappa shape index (κ2) is 10.5. The SMILES string of the molecule is CCNC(=NCCCN(C)c1ccccc1)N1CCN(C(=O)c2ccco2)CC1. The first-order chi connectivity index (χ1) is 14.2. The molecule has 1 aliphatic heterocycles. The minimum atomic E-state index is -0.0412. The minimum absolute atomic E-state index is 0.0412. The normalized spacial score (nSPS) is 14.8. The molecule has 2 aromatic rings. The van der Waals surface area contributed by atoms with Gasteiger partial charge in [0.15, 0.2) is 11.7 Å². The van der Waals surface area contributed by atoms with E-state index in [1.165, 1.54) is 12.0 Å². The van der Waals surface area contributed by atoms with Crippen LogP contribution in [0.2, 0.25) is 0 Å². The molecule has 0 aliphatic carbocycles. The van der Waals surface area contributed by atoms with E-state index in [1.54, 1.807) is 12.1 Å². The number of benzene rings is 1. The van der Waals surface area contributed by atoms with Crippen LogP contribution in [0, 0.1) is 0 Å². The summed E-state index contributed by atoms with van der Waals surface area (Å²) in [6.07, 6.45) is 2.52. The number of hydrogen-bond acceptors (Lipinski definition) is 4. The Morgan fingerprint density at radius 2 is 1.83 bits per heavy atom. The van der Waals surface area contributed by atoms with Crippen molar-refractivity contribution in [1.82, 2.24) is 15.1 Å². The summed E-state index contributed by atoms with van der Waals surface area (Å²) in [5.41, 5.74) is 1.22. The molecule has 1 N–H and O–H groups in total. The lowest BCUT2D eigenvalue weighted by Gasteiger charge is -2.36. The molecule has 3 rings (SSSR count). The Labute approximate surface area is 173 Å². The van der Waals surface area contributed by atoms with Gasteiger partial charge in [-0.05, 0) is 37.6 Å². The fourth-order valence-corrected chi connectivity index (χ4v) is 3.41. The lowest BCUT2D eigenvalue weighted by molar-refractivity contribution is 0.0657. The molecule has 0 atom stereocenters. The predicted octanol–water partition coefficient (Wildman–Crippen LogP) is 2.53. The van der Waals surface area contributed by atoms with Gasteiger partial charge in [0.25, 0.3) is 5.91 Å². The van der Waals surface area contributed by atoms with E-state index in [0.29, 0.717) is 18.8 Å². The zero-order chi connectivity index (χ0) is 20.5. The molecule has 2 heterocycles. The van der Waals surface area contributed by atoms with E-state index in [1.807, 2.05) is 11.0 Å². The van der Waals surface area contributed by atoms with Crippen LogP contribution in [0.5, 0.6) is 0 Å². The molecule has 29 heavy (non-hydrogen) atoms. The van der Waals surface area contributed by atoms with Gasteiger partial charge in [-0.15, -0.1) is 0 Å². The quantitative estimate of drug-likeness (QED) is 0.442. The highest BCUT2D eigenvalue weighted by Crippen LogP contribution is 2.12. The maximum Gasteiger partial charge on any atom is 0.289 e. The van der Waals surface area contributed by atoms with Gasteiger partial charge in [-0.3, -0.25) is 9.79 Å². The van der Waals surface area contributed by atoms with E-state index in [0.717, 1.165) is 45.1 Å². The molecule has 1 aromatic carbocycles. The zero-order valence-corrected chi connectivity index (χ0v) is 17.4. The third kappa shape index (κ3) is 5.76. The molecule has 1 aromatic heterocycles. The Hall–Kier alpha value is -2.96. The number of rotatable bonds is 7. The summed E-state index contributed by atoms with van der Waals surface area (Å²) >= 11 is 0. The van der Waals surface area contributed by atoms with Gasteiger partial charge < -0.3 is 24.4 Å². The molecular weight excluding hydrogens is 366 g/mol. The first kappa shape index (κ1) is 20.8. The van der Waals surface area contributed by atoms with Gasteiger partial charge in [0, 0.05) is 58.5 Å². The fraction of sp³-hybridized carbons (Fsp3) is 0.455. The van der Waals surface area contributed by atoms with Crippen LogP contribution < -0.4 is 10.2 Å². The highest BCUT2D eigenvalue weighted by Gasteiger charge is 2.25. The number of anilines is 1. The van der Waals surface area contributed by atoms with Gasteiger partial charge in [0.05, 0.1) is 6.26 Å². The number of hydrogen-bond donors (Lipinski definition) is 1. The summed E-state index contributed by atoms with van der Waals surface area (Å²) < 4.78 is 5.23. The largest absolute Gasteiger partial charge is 0.459 e. The Bertz CT molecular complexity index is 768. The smallest absolute Gasteiger partial charge is 0.289 e. The van der Waals surface area contributed by atoms with Crippen molar-refractivity contribution < 1.29 is 9.21 Å². The van der Waals surface area contributed by atoms with Crippen LogP contribution in [0.25, 0.3) is 0 Å². The Kier molecular flexibility index (Phi) is 7.55. The average molecular weight is 398 g/mol. The van der Waals surface area contributed by atoms with Crippen LogP contribution in [0.4, 0.5) is 5.69 Å². The van der Waals surface area contributed by atoms with Crippen molar-refractivity contribution >= 4 is 17.6 Å². The first-order valence-electron chi connectivity index (χ1n) is 10.3. The van der Waals surface area contributed by atoms with Gasteiger partial charge in [0.2, 0.25) is 0 Å². The molecule has 1 amide bonds. The number of para-hydroxylation sites is 1. The summed E-state index contributed by atoms with van der Waals surface area (Å²) in [6.45, 7) is 7.50. The van der Waals surface area contributed by atoms with Crippen LogP contribution in [0.1, 0.15) is 23.9 Å². The van der Waals surface area contributed by atoms with Crippen LogP contribution in [0.3, 0.4) is 0 Å². The fourth-order valence-electron chi connectivity index (χ4n) is 3.41. The summed E-state index contributed by atoms with van der Waals surface area (Å²) in [5.74, 6) is 1.29. The molecule has 7 nitrogen and oxygen atoms in total. The minimum Gasteiger partial charge on any atom is -0.459 e. The number of nitrogens with one attached hydrogen (secondary N) is 1. The van der Waals surface area contributed by atoms with Crippen molar-refractivity contribution in [3.63, 3.8) is 0 Å². The first-order valence-corrected chi connectivity index (χ1v) is 10.3. The predicted molar refractivity (Wildman–Crippen MR) is 116 cm³/mol. The summed E-state index contributed by atoms with van der Waals surface area (Å²) in [7, 11) is 2.11. The van der Waals surface area contributed by atoms with Crippen LogP contribution in [-0.2, 0) is 0 Å². The van der Waals surface area contributed by atoms with E-state index >= 15 is 0 Å². The molecule has 1 fully saturated rings. The van der Waals surface area contributed by atoms with Gasteiger partial charge in [0.1, 0.15) is 0 Å². The molecule has 1 aliphatic rings. The monoisotopic (exact) mass is 397 g/mol. The number of carbonyl (C=O) groups excluding carboxylic acids is 1. The average Bonchev–Trinajstić information content (AvgIpc) is 3.31. The van der Waals surface area contributed by atoms with Crippen LogP contribution >= 0.6 is 0 Å². The molecular formula is C22H31N5O2. The summed E-state index contributed by atoms with van der Waals surface area (Å²) in [5, 5.41) is 3.38.